The lowest BCUT2D eigenvalue weighted by atomic mass is 10.1. The summed E-state index contributed by atoms with van der Waals surface area (Å²) in [5.74, 6) is -0.119. The monoisotopic (exact) mass is 326 g/mol. The molecule has 0 aliphatic rings. The first-order chi connectivity index (χ1) is 11.2. The number of halogens is 1. The maximum Gasteiger partial charge on any atom is 0.183 e. The lowest BCUT2D eigenvalue weighted by Gasteiger charge is -2.09. The van der Waals surface area contributed by atoms with E-state index in [1.165, 1.54) is 0 Å². The highest BCUT2D eigenvalue weighted by atomic mass is 35.5. The molecule has 3 aromatic rings. The number of rotatable bonds is 5. The second-order valence-electron chi connectivity index (χ2n) is 5.17. The van der Waals surface area contributed by atoms with Crippen molar-refractivity contribution in [3.63, 3.8) is 0 Å². The van der Waals surface area contributed by atoms with E-state index in [-0.39, 0.29) is 17.4 Å². The van der Waals surface area contributed by atoms with Crippen LogP contribution in [0.5, 0.6) is 0 Å². The van der Waals surface area contributed by atoms with Crippen molar-refractivity contribution in [1.82, 2.24) is 9.38 Å². The molecule has 5 heteroatoms. The molecule has 116 valence electrons. The van der Waals surface area contributed by atoms with Gasteiger partial charge in [0.15, 0.2) is 11.6 Å². The summed E-state index contributed by atoms with van der Waals surface area (Å²) in [6.45, 7) is 1.82. The highest BCUT2D eigenvalue weighted by molar-refractivity contribution is 6.30. The van der Waals surface area contributed by atoms with Gasteiger partial charge >= 0.3 is 0 Å². The number of hydrogen-bond donors (Lipinski definition) is 0. The van der Waals surface area contributed by atoms with Gasteiger partial charge in [-0.15, -0.1) is 11.6 Å². The van der Waals surface area contributed by atoms with E-state index < -0.39 is 0 Å². The number of carbonyl (C=O) groups excluding carboxylic acids is 2. The summed E-state index contributed by atoms with van der Waals surface area (Å²) in [5, 5.41) is 0. The Morgan fingerprint density at radius 2 is 1.87 bits per heavy atom. The summed E-state index contributed by atoms with van der Waals surface area (Å²) in [4.78, 5) is 27.9. The Kier molecular flexibility index (Phi) is 4.26. The third-order valence-corrected chi connectivity index (χ3v) is 4.02. The number of benzene rings is 1. The number of ketones is 2. The van der Waals surface area contributed by atoms with Gasteiger partial charge in [-0.05, 0) is 12.1 Å². The number of carbonyl (C=O) groups is 2. The summed E-state index contributed by atoms with van der Waals surface area (Å²) < 4.78 is 1.94. The van der Waals surface area contributed by atoms with Gasteiger partial charge in [-0.1, -0.05) is 31.2 Å². The minimum atomic E-state index is -0.105. The summed E-state index contributed by atoms with van der Waals surface area (Å²) in [5.41, 5.74) is 3.63. The van der Waals surface area contributed by atoms with Crippen molar-refractivity contribution < 1.29 is 9.59 Å². The highest BCUT2D eigenvalue weighted by Gasteiger charge is 2.14. The fraction of sp³-hybridized carbons (Fsp3) is 0.167. The molecule has 0 atom stereocenters. The Labute approximate surface area is 138 Å². The standard InChI is InChI=1S/C18H15ClN2O2/c1-2-16(22)18-14-4-3-9-21(14)15(11-20-18)12-5-7-13(8-6-12)17(23)10-19/h3-9,11H,2,10H2,1H3. The molecule has 3 rings (SSSR count). The van der Waals surface area contributed by atoms with E-state index >= 15 is 0 Å². The van der Waals surface area contributed by atoms with Gasteiger partial charge in [0.1, 0.15) is 5.69 Å². The number of alkyl halides is 1. The predicted molar refractivity (Wildman–Crippen MR) is 90.3 cm³/mol. The molecule has 0 unspecified atom stereocenters. The normalized spacial score (nSPS) is 10.9. The molecule has 0 bridgehead atoms. The van der Waals surface area contributed by atoms with Gasteiger partial charge in [0.2, 0.25) is 0 Å². The zero-order valence-corrected chi connectivity index (χ0v) is 13.4. The maximum atomic E-state index is 12.0. The van der Waals surface area contributed by atoms with Crippen LogP contribution >= 0.6 is 11.6 Å². The van der Waals surface area contributed by atoms with Gasteiger partial charge in [-0.3, -0.25) is 9.59 Å². The molecule has 2 heterocycles. The largest absolute Gasteiger partial charge is 0.313 e. The molecule has 0 N–H and O–H groups in total. The first kappa shape index (κ1) is 15.4. The number of nitrogens with zero attached hydrogens (tertiary/aromatic N) is 2. The van der Waals surface area contributed by atoms with Gasteiger partial charge in [0.25, 0.3) is 0 Å². The van der Waals surface area contributed by atoms with E-state index in [1.807, 2.05) is 41.8 Å². The third kappa shape index (κ3) is 2.78. The molecular formula is C18H15ClN2O2. The Morgan fingerprint density at radius 3 is 2.52 bits per heavy atom. The summed E-state index contributed by atoms with van der Waals surface area (Å²) in [6, 6.07) is 11.0. The molecule has 4 nitrogen and oxygen atoms in total. The van der Waals surface area contributed by atoms with Crippen molar-refractivity contribution in [2.24, 2.45) is 0 Å². The topological polar surface area (TPSA) is 51.4 Å². The first-order valence-electron chi connectivity index (χ1n) is 7.34. The van der Waals surface area contributed by atoms with Crippen LogP contribution in [0.4, 0.5) is 0 Å². The molecule has 23 heavy (non-hydrogen) atoms. The van der Waals surface area contributed by atoms with E-state index in [1.54, 1.807) is 18.3 Å². The molecule has 0 aliphatic heterocycles. The number of Topliss-reactive ketones (excluding diaryl/α,β-unsaturated/α-hetero) is 2. The molecule has 0 amide bonds. The van der Waals surface area contributed by atoms with Gasteiger partial charge in [0, 0.05) is 23.7 Å². The van der Waals surface area contributed by atoms with Crippen molar-refractivity contribution >= 4 is 28.7 Å². The fourth-order valence-corrected chi connectivity index (χ4v) is 2.69. The van der Waals surface area contributed by atoms with Crippen LogP contribution in [0, 0.1) is 0 Å². The smallest absolute Gasteiger partial charge is 0.183 e. The van der Waals surface area contributed by atoms with E-state index in [2.05, 4.69) is 4.98 Å². The van der Waals surface area contributed by atoms with E-state index in [0.717, 1.165) is 16.8 Å². The quantitative estimate of drug-likeness (QED) is 0.525. The van der Waals surface area contributed by atoms with Gasteiger partial charge in [-0.2, -0.15) is 0 Å². The zero-order chi connectivity index (χ0) is 16.4. The van der Waals surface area contributed by atoms with Crippen LogP contribution in [-0.4, -0.2) is 26.8 Å². The summed E-state index contributed by atoms with van der Waals surface area (Å²) >= 11 is 5.57. The fourth-order valence-electron chi connectivity index (χ4n) is 2.54. The lowest BCUT2D eigenvalue weighted by Crippen LogP contribution is -2.05. The average Bonchev–Trinajstić information content (AvgIpc) is 3.09. The number of fused-ring (bicyclic) bond motifs is 1. The van der Waals surface area contributed by atoms with Crippen molar-refractivity contribution in [2.75, 3.05) is 5.88 Å². The Hall–Kier alpha value is -2.46. The average molecular weight is 327 g/mol. The van der Waals surface area contributed by atoms with Gasteiger partial charge in [0.05, 0.1) is 23.3 Å². The molecule has 0 saturated carbocycles. The third-order valence-electron chi connectivity index (χ3n) is 3.78. The van der Waals surface area contributed by atoms with Crippen LogP contribution in [0.25, 0.3) is 16.8 Å². The highest BCUT2D eigenvalue weighted by Crippen LogP contribution is 2.23. The molecule has 0 spiro atoms. The number of hydrogen-bond acceptors (Lipinski definition) is 3. The van der Waals surface area contributed by atoms with Crippen molar-refractivity contribution in [1.29, 1.82) is 0 Å². The van der Waals surface area contributed by atoms with Crippen LogP contribution in [0.15, 0.2) is 48.8 Å². The molecule has 1 aromatic carbocycles. The molecule has 0 radical (unpaired) electrons. The van der Waals surface area contributed by atoms with Gasteiger partial charge < -0.3 is 4.40 Å². The van der Waals surface area contributed by atoms with Crippen LogP contribution < -0.4 is 0 Å². The van der Waals surface area contributed by atoms with Gasteiger partial charge in [-0.25, -0.2) is 4.98 Å². The Morgan fingerprint density at radius 1 is 1.13 bits per heavy atom. The van der Waals surface area contributed by atoms with Crippen molar-refractivity contribution in [2.45, 2.75) is 13.3 Å². The summed E-state index contributed by atoms with van der Waals surface area (Å²) in [6.07, 6.45) is 4.01. The van der Waals surface area contributed by atoms with E-state index in [9.17, 15) is 9.59 Å². The SMILES string of the molecule is CCC(=O)c1ncc(-c2ccc(C(=O)CCl)cc2)n2cccc12. The van der Waals surface area contributed by atoms with Crippen LogP contribution in [0.1, 0.15) is 34.2 Å². The van der Waals surface area contributed by atoms with Crippen LogP contribution in [0.2, 0.25) is 0 Å². The zero-order valence-electron chi connectivity index (χ0n) is 12.6. The van der Waals surface area contributed by atoms with E-state index in [4.69, 9.17) is 11.6 Å². The predicted octanol–water partition coefficient (Wildman–Crippen LogP) is 4.02. The minimum Gasteiger partial charge on any atom is -0.313 e. The molecule has 0 aliphatic carbocycles. The minimum absolute atomic E-state index is 0.0170. The molecular weight excluding hydrogens is 312 g/mol. The first-order valence-corrected chi connectivity index (χ1v) is 7.88. The second-order valence-corrected chi connectivity index (χ2v) is 5.43. The Balaban J connectivity index is 2.09. The number of aromatic nitrogens is 2. The van der Waals surface area contributed by atoms with E-state index in [0.29, 0.717) is 17.7 Å². The lowest BCUT2D eigenvalue weighted by molar-refractivity contribution is 0.0983. The second kappa shape index (κ2) is 6.34. The van der Waals surface area contributed by atoms with Crippen LogP contribution in [-0.2, 0) is 0 Å². The molecule has 0 fully saturated rings. The summed E-state index contributed by atoms with van der Waals surface area (Å²) in [7, 11) is 0. The van der Waals surface area contributed by atoms with Crippen molar-refractivity contribution in [3.8, 4) is 11.3 Å². The van der Waals surface area contributed by atoms with Crippen LogP contribution in [0.3, 0.4) is 0 Å². The maximum absolute atomic E-state index is 12.0. The van der Waals surface area contributed by atoms with Crippen molar-refractivity contribution in [3.05, 3.63) is 60.0 Å². The molecule has 2 aromatic heterocycles. The Bertz CT molecular complexity index is 882. The molecule has 0 saturated heterocycles.